The number of aromatic nitrogens is 2. The Morgan fingerprint density at radius 3 is 2.73 bits per heavy atom. The lowest BCUT2D eigenvalue weighted by atomic mass is 9.95. The Labute approximate surface area is 215 Å². The van der Waals surface area contributed by atoms with Gasteiger partial charge in [0.2, 0.25) is 5.95 Å². The van der Waals surface area contributed by atoms with Crippen molar-refractivity contribution in [3.05, 3.63) is 51.5 Å². The lowest BCUT2D eigenvalue weighted by Crippen LogP contribution is -2.26. The van der Waals surface area contributed by atoms with Crippen molar-refractivity contribution in [3.8, 4) is 10.6 Å². The zero-order valence-corrected chi connectivity index (χ0v) is 21.7. The third-order valence-corrected chi connectivity index (χ3v) is 9.48. The number of aryl methyl sites for hydroxylation is 1. The summed E-state index contributed by atoms with van der Waals surface area (Å²) in [6.45, 7) is 3.65. The Morgan fingerprint density at radius 1 is 1.22 bits per heavy atom. The summed E-state index contributed by atoms with van der Waals surface area (Å²) in [7, 11) is -1.79. The van der Waals surface area contributed by atoms with Crippen LogP contribution in [0.4, 0.5) is 24.8 Å². The molecule has 2 aliphatic rings. The van der Waals surface area contributed by atoms with E-state index in [4.69, 9.17) is 0 Å². The molecule has 8 nitrogen and oxygen atoms in total. The van der Waals surface area contributed by atoms with Crippen molar-refractivity contribution in [2.45, 2.75) is 37.4 Å². The Kier molecular flexibility index (Phi) is 6.49. The van der Waals surface area contributed by atoms with E-state index in [-0.39, 0.29) is 32.9 Å². The van der Waals surface area contributed by atoms with Gasteiger partial charge in [-0.3, -0.25) is 4.79 Å². The Morgan fingerprint density at radius 2 is 2.00 bits per heavy atom. The van der Waals surface area contributed by atoms with Crippen LogP contribution in [-0.2, 0) is 35.4 Å². The van der Waals surface area contributed by atoms with E-state index >= 15 is 0 Å². The number of nitrogens with zero attached hydrogens (tertiary/aromatic N) is 3. The smallest absolute Gasteiger partial charge is 0.350 e. The molecule has 0 atom stereocenters. The van der Waals surface area contributed by atoms with Gasteiger partial charge in [0, 0.05) is 31.5 Å². The molecule has 0 spiro atoms. The van der Waals surface area contributed by atoms with E-state index in [0.717, 1.165) is 36.7 Å². The Bertz CT molecular complexity index is 1500. The molecule has 0 unspecified atom stereocenters. The molecule has 2 N–H and O–H groups in total. The summed E-state index contributed by atoms with van der Waals surface area (Å²) >= 11 is 0.670. The molecule has 37 heavy (non-hydrogen) atoms. The molecule has 4 heterocycles. The summed E-state index contributed by atoms with van der Waals surface area (Å²) in [4.78, 5) is 22.2. The second kappa shape index (κ2) is 9.37. The van der Waals surface area contributed by atoms with Crippen molar-refractivity contribution < 1.29 is 26.4 Å². The zero-order valence-electron chi connectivity index (χ0n) is 20.1. The van der Waals surface area contributed by atoms with Crippen LogP contribution in [0.2, 0.25) is 0 Å². The SMILES string of the molecule is CCc1cc2c(cc1Nc1ncc(C(F)(F)F)c(-c3cc4c(s3)C(=O)NCCS4(=O)=O)n1)CCN(C)C2. The normalized spacial score (nSPS) is 17.5. The molecular weight excluding hydrogens is 527 g/mol. The number of anilines is 2. The lowest BCUT2D eigenvalue weighted by Gasteiger charge is -2.26. The summed E-state index contributed by atoms with van der Waals surface area (Å²) < 4.78 is 67.0. The first-order valence-electron chi connectivity index (χ1n) is 11.7. The number of hydrogen-bond acceptors (Lipinski definition) is 8. The lowest BCUT2D eigenvalue weighted by molar-refractivity contribution is -0.137. The number of halogens is 3. The van der Waals surface area contributed by atoms with Crippen LogP contribution in [0.3, 0.4) is 0 Å². The van der Waals surface area contributed by atoms with Crippen LogP contribution >= 0.6 is 11.3 Å². The summed E-state index contributed by atoms with van der Waals surface area (Å²) in [6, 6.07) is 5.19. The van der Waals surface area contributed by atoms with Gasteiger partial charge in [-0.25, -0.2) is 18.4 Å². The predicted molar refractivity (Wildman–Crippen MR) is 134 cm³/mol. The minimum absolute atomic E-state index is 0.0542. The van der Waals surface area contributed by atoms with Crippen LogP contribution in [0.1, 0.15) is 38.8 Å². The van der Waals surface area contributed by atoms with Gasteiger partial charge in [0.25, 0.3) is 5.91 Å². The highest BCUT2D eigenvalue weighted by atomic mass is 32.2. The van der Waals surface area contributed by atoms with Crippen LogP contribution in [0.15, 0.2) is 29.3 Å². The van der Waals surface area contributed by atoms with Crippen molar-refractivity contribution in [2.24, 2.45) is 0 Å². The van der Waals surface area contributed by atoms with Crippen molar-refractivity contribution in [1.82, 2.24) is 20.2 Å². The minimum atomic E-state index is -4.79. The van der Waals surface area contributed by atoms with Gasteiger partial charge < -0.3 is 15.5 Å². The highest BCUT2D eigenvalue weighted by Gasteiger charge is 2.38. The molecule has 2 aliphatic heterocycles. The number of fused-ring (bicyclic) bond motifs is 2. The van der Waals surface area contributed by atoms with Crippen molar-refractivity contribution >= 4 is 38.7 Å². The average Bonchev–Trinajstić information content (AvgIpc) is 3.26. The van der Waals surface area contributed by atoms with Crippen molar-refractivity contribution in [2.75, 3.05) is 31.2 Å². The van der Waals surface area contributed by atoms with Gasteiger partial charge in [-0.15, -0.1) is 11.3 Å². The van der Waals surface area contributed by atoms with Crippen LogP contribution < -0.4 is 10.6 Å². The second-order valence-corrected chi connectivity index (χ2v) is 12.2. The maximum Gasteiger partial charge on any atom is 0.420 e. The molecule has 0 bridgehead atoms. The molecule has 1 aromatic carbocycles. The summed E-state index contributed by atoms with van der Waals surface area (Å²) in [5, 5.41) is 5.55. The maximum atomic E-state index is 13.9. The van der Waals surface area contributed by atoms with Gasteiger partial charge in [-0.2, -0.15) is 13.2 Å². The van der Waals surface area contributed by atoms with E-state index in [1.54, 1.807) is 0 Å². The van der Waals surface area contributed by atoms with E-state index in [2.05, 4.69) is 38.6 Å². The maximum absolute atomic E-state index is 13.9. The molecule has 196 valence electrons. The van der Waals surface area contributed by atoms with Gasteiger partial charge in [-0.05, 0) is 48.7 Å². The number of hydrogen-bond donors (Lipinski definition) is 2. The fourth-order valence-electron chi connectivity index (χ4n) is 4.54. The minimum Gasteiger partial charge on any atom is -0.350 e. The summed E-state index contributed by atoms with van der Waals surface area (Å²) in [5.74, 6) is -1.03. The van der Waals surface area contributed by atoms with Crippen molar-refractivity contribution in [3.63, 3.8) is 0 Å². The standard InChI is InChI=1S/C24H24F3N5O3S2/c1-3-13-8-15-12-32(2)6-4-14(15)9-17(13)30-23-29-11-16(24(25,26)27)20(31-23)18-10-19-21(36-18)22(33)28-5-7-37(19,34)35/h8-11H,3-7,12H2,1-2H3,(H,28,33)(H,29,30,31). The molecule has 3 aromatic rings. The first-order valence-corrected chi connectivity index (χ1v) is 14.1. The molecule has 5 rings (SSSR count). The quantitative estimate of drug-likeness (QED) is 0.505. The molecule has 0 saturated heterocycles. The number of amides is 1. The Balaban J connectivity index is 1.59. The number of benzene rings is 1. The third-order valence-electron chi connectivity index (χ3n) is 6.48. The van der Waals surface area contributed by atoms with Gasteiger partial charge in [0.15, 0.2) is 9.84 Å². The monoisotopic (exact) mass is 551 g/mol. The molecule has 1 amide bonds. The molecular formula is C24H24F3N5O3S2. The average molecular weight is 552 g/mol. The molecule has 0 radical (unpaired) electrons. The summed E-state index contributed by atoms with van der Waals surface area (Å²) in [5.41, 5.74) is 2.46. The molecule has 0 fully saturated rings. The zero-order chi connectivity index (χ0) is 26.5. The summed E-state index contributed by atoms with van der Waals surface area (Å²) in [6.07, 6.45) is -2.57. The number of likely N-dealkylation sites (N-methyl/N-ethyl adjacent to an activating group) is 1. The van der Waals surface area contributed by atoms with Crippen LogP contribution in [0.25, 0.3) is 10.6 Å². The van der Waals surface area contributed by atoms with Crippen molar-refractivity contribution in [1.29, 1.82) is 0 Å². The molecule has 13 heteroatoms. The van der Waals surface area contributed by atoms with E-state index in [9.17, 15) is 26.4 Å². The van der Waals surface area contributed by atoms with Crippen LogP contribution in [0.5, 0.6) is 0 Å². The van der Waals surface area contributed by atoms with E-state index in [1.807, 2.05) is 13.0 Å². The van der Waals surface area contributed by atoms with Gasteiger partial charge in [0.1, 0.15) is 10.4 Å². The van der Waals surface area contributed by atoms with Gasteiger partial charge in [-0.1, -0.05) is 13.0 Å². The largest absolute Gasteiger partial charge is 0.420 e. The first-order chi connectivity index (χ1) is 17.5. The first kappa shape index (κ1) is 25.6. The molecule has 2 aromatic heterocycles. The number of rotatable bonds is 4. The fraction of sp³-hybridized carbons (Fsp3) is 0.375. The van der Waals surface area contributed by atoms with Gasteiger partial charge in [0.05, 0.1) is 21.2 Å². The predicted octanol–water partition coefficient (Wildman–Crippen LogP) is 4.03. The van der Waals surface area contributed by atoms with E-state index in [1.165, 1.54) is 5.56 Å². The van der Waals surface area contributed by atoms with Crippen LogP contribution in [0, 0.1) is 0 Å². The highest BCUT2D eigenvalue weighted by molar-refractivity contribution is 7.91. The number of carbonyl (C=O) groups excluding carboxylic acids is 1. The van der Waals surface area contributed by atoms with E-state index in [0.29, 0.717) is 29.6 Å². The Hall–Kier alpha value is -3.03. The fourth-order valence-corrected chi connectivity index (χ4v) is 7.35. The number of carbonyl (C=O) groups is 1. The second-order valence-electron chi connectivity index (χ2n) is 9.08. The molecule has 0 saturated carbocycles. The number of sulfone groups is 1. The van der Waals surface area contributed by atoms with E-state index < -0.39 is 33.2 Å². The third kappa shape index (κ3) is 4.94. The number of alkyl halides is 3. The highest BCUT2D eigenvalue weighted by Crippen LogP contribution is 2.41. The topological polar surface area (TPSA) is 104 Å². The number of thiophene rings is 1. The molecule has 0 aliphatic carbocycles. The van der Waals surface area contributed by atoms with Crippen LogP contribution in [-0.4, -0.2) is 55.1 Å². The van der Waals surface area contributed by atoms with Gasteiger partial charge >= 0.3 is 6.18 Å². The number of nitrogens with one attached hydrogen (secondary N) is 2.